The molecule has 1 aliphatic carbocycles. The van der Waals surface area contributed by atoms with Gasteiger partial charge in [0, 0.05) is 12.1 Å². The third kappa shape index (κ3) is 3.29. The number of carbonyl (C=O) groups is 1. The minimum Gasteiger partial charge on any atom is -0.299 e. The summed E-state index contributed by atoms with van der Waals surface area (Å²) >= 11 is 0. The molecule has 2 heteroatoms. The van der Waals surface area contributed by atoms with Crippen molar-refractivity contribution in [3.8, 4) is 0 Å². The molecule has 1 unspecified atom stereocenters. The fourth-order valence-electron chi connectivity index (χ4n) is 3.18. The Morgan fingerprint density at radius 1 is 1.00 bits per heavy atom. The van der Waals surface area contributed by atoms with Crippen LogP contribution in [0, 0.1) is 0 Å². The van der Waals surface area contributed by atoms with Gasteiger partial charge in [-0.15, -0.1) is 0 Å². The lowest BCUT2D eigenvalue weighted by Crippen LogP contribution is -2.36. The molecule has 0 amide bonds. The van der Waals surface area contributed by atoms with E-state index in [0.29, 0.717) is 11.4 Å². The van der Waals surface area contributed by atoms with Crippen molar-refractivity contribution in [3.63, 3.8) is 0 Å². The number of Topliss-reactive ketones (excluding diaryl/α,β-unsaturated/α-hetero) is 1. The monoisotopic (exact) mass is 242 g/mol. The molecular weight excluding hydrogens is 215 g/mol. The molecule has 1 aliphatic rings. The highest BCUT2D eigenvalue weighted by atomic mass is 31.1. The highest BCUT2D eigenvalue weighted by molar-refractivity contribution is 7.62. The highest BCUT2D eigenvalue weighted by Crippen LogP contribution is 2.64. The predicted octanol–water partition coefficient (Wildman–Crippen LogP) is 4.58. The summed E-state index contributed by atoms with van der Waals surface area (Å²) in [7, 11) is -0.250. The first kappa shape index (κ1) is 14.2. The van der Waals surface area contributed by atoms with E-state index >= 15 is 0 Å². The summed E-state index contributed by atoms with van der Waals surface area (Å²) in [5.41, 5.74) is 0.365. The third-order valence-corrected chi connectivity index (χ3v) is 7.34. The summed E-state index contributed by atoms with van der Waals surface area (Å²) < 4.78 is 0. The summed E-state index contributed by atoms with van der Waals surface area (Å²) in [6.07, 6.45) is 4.34. The largest absolute Gasteiger partial charge is 0.299 e. The molecule has 1 atom stereocenters. The van der Waals surface area contributed by atoms with E-state index in [9.17, 15) is 4.79 Å². The van der Waals surface area contributed by atoms with Crippen molar-refractivity contribution >= 4 is 13.7 Å². The van der Waals surface area contributed by atoms with Crippen LogP contribution in [0.5, 0.6) is 0 Å². The van der Waals surface area contributed by atoms with Crippen molar-refractivity contribution in [3.05, 3.63) is 0 Å². The summed E-state index contributed by atoms with van der Waals surface area (Å²) in [5.74, 6) is 0.544. The molecule has 1 fully saturated rings. The van der Waals surface area contributed by atoms with Crippen LogP contribution in [-0.2, 0) is 4.79 Å². The topological polar surface area (TPSA) is 17.1 Å². The summed E-state index contributed by atoms with van der Waals surface area (Å²) in [4.78, 5) is 12.1. The number of hydrogen-bond acceptors (Lipinski definition) is 1. The van der Waals surface area contributed by atoms with Crippen molar-refractivity contribution in [1.29, 1.82) is 0 Å². The Hall–Kier alpha value is 0.100. The maximum Gasteiger partial charge on any atom is 0.140 e. The molecule has 1 saturated carbocycles. The van der Waals surface area contributed by atoms with E-state index in [0.717, 1.165) is 19.3 Å². The second-order valence-electron chi connectivity index (χ2n) is 6.94. The fourth-order valence-corrected chi connectivity index (χ4v) is 7.92. The van der Waals surface area contributed by atoms with Gasteiger partial charge >= 0.3 is 0 Å². The average molecular weight is 242 g/mol. The predicted molar refractivity (Wildman–Crippen MR) is 73.7 cm³/mol. The molecule has 0 N–H and O–H groups in total. The molecule has 0 radical (unpaired) electrons. The molecule has 0 aliphatic heterocycles. The quantitative estimate of drug-likeness (QED) is 0.615. The van der Waals surface area contributed by atoms with E-state index in [1.54, 1.807) is 0 Å². The Labute approximate surface area is 102 Å². The molecule has 0 spiro atoms. The summed E-state index contributed by atoms with van der Waals surface area (Å²) in [6, 6.07) is 0. The fraction of sp³-hybridized carbons (Fsp3) is 0.929. The van der Waals surface area contributed by atoms with Gasteiger partial charge in [0.15, 0.2) is 0 Å². The molecule has 1 rings (SSSR count). The van der Waals surface area contributed by atoms with Gasteiger partial charge in [0.1, 0.15) is 5.78 Å². The lowest BCUT2D eigenvalue weighted by molar-refractivity contribution is -0.119. The zero-order valence-corrected chi connectivity index (χ0v) is 12.7. The first-order chi connectivity index (χ1) is 7.14. The van der Waals surface area contributed by atoms with E-state index in [-0.39, 0.29) is 18.2 Å². The van der Waals surface area contributed by atoms with Gasteiger partial charge in [-0.3, -0.25) is 4.79 Å². The Kier molecular flexibility index (Phi) is 4.22. The van der Waals surface area contributed by atoms with Crippen molar-refractivity contribution in [1.82, 2.24) is 0 Å². The van der Waals surface area contributed by atoms with Crippen LogP contribution in [0.1, 0.15) is 67.2 Å². The lowest BCUT2D eigenvalue weighted by Gasteiger charge is -2.46. The van der Waals surface area contributed by atoms with Crippen LogP contribution in [0.4, 0.5) is 0 Å². The first-order valence-electron chi connectivity index (χ1n) is 6.46. The standard InChI is InChI=1S/C14H27OP/c1-13(2,3)16(14(4,5)6)12-10-8-7-9-11(12)15/h12H,7-10H2,1-6H3. The Balaban J connectivity index is 2.97. The smallest absolute Gasteiger partial charge is 0.140 e. The van der Waals surface area contributed by atoms with Gasteiger partial charge in [0.25, 0.3) is 0 Å². The first-order valence-corrected chi connectivity index (χ1v) is 7.87. The Morgan fingerprint density at radius 3 is 1.88 bits per heavy atom. The van der Waals surface area contributed by atoms with Gasteiger partial charge < -0.3 is 0 Å². The van der Waals surface area contributed by atoms with Gasteiger partial charge in [-0.2, -0.15) is 0 Å². The van der Waals surface area contributed by atoms with Crippen LogP contribution in [-0.4, -0.2) is 21.8 Å². The average Bonchev–Trinajstić information content (AvgIpc) is 2.03. The SMILES string of the molecule is CC(C)(C)P(C1CCCCC1=O)C(C)(C)C. The maximum atomic E-state index is 12.1. The van der Waals surface area contributed by atoms with Gasteiger partial charge in [0.2, 0.25) is 0 Å². The van der Waals surface area contributed by atoms with E-state index in [2.05, 4.69) is 41.5 Å². The van der Waals surface area contributed by atoms with Crippen LogP contribution in [0.3, 0.4) is 0 Å². The zero-order chi connectivity index (χ0) is 12.6. The molecule has 16 heavy (non-hydrogen) atoms. The minimum atomic E-state index is -0.250. The van der Waals surface area contributed by atoms with Crippen LogP contribution in [0.15, 0.2) is 0 Å². The summed E-state index contributed by atoms with van der Waals surface area (Å²) in [5, 5.41) is 0.566. The molecule has 0 heterocycles. The number of carbonyl (C=O) groups excluding carboxylic acids is 1. The van der Waals surface area contributed by atoms with Gasteiger partial charge in [-0.1, -0.05) is 55.9 Å². The van der Waals surface area contributed by atoms with Gasteiger partial charge in [0.05, 0.1) is 0 Å². The van der Waals surface area contributed by atoms with Crippen LogP contribution in [0.25, 0.3) is 0 Å². The maximum absolute atomic E-state index is 12.1. The molecule has 1 nitrogen and oxygen atoms in total. The molecule has 0 aromatic carbocycles. The van der Waals surface area contributed by atoms with E-state index < -0.39 is 0 Å². The van der Waals surface area contributed by atoms with Gasteiger partial charge in [-0.25, -0.2) is 0 Å². The van der Waals surface area contributed by atoms with Crippen molar-refractivity contribution < 1.29 is 4.79 Å². The van der Waals surface area contributed by atoms with E-state index in [1.807, 2.05) is 0 Å². The zero-order valence-electron chi connectivity index (χ0n) is 11.8. The van der Waals surface area contributed by atoms with E-state index in [4.69, 9.17) is 0 Å². The number of rotatable bonds is 1. The number of ketones is 1. The second-order valence-corrected chi connectivity index (χ2v) is 11.0. The number of hydrogen-bond donors (Lipinski definition) is 0. The van der Waals surface area contributed by atoms with Crippen LogP contribution in [0.2, 0.25) is 0 Å². The van der Waals surface area contributed by atoms with Crippen molar-refractivity contribution in [2.75, 3.05) is 0 Å². The Bertz CT molecular complexity index is 243. The third-order valence-electron chi connectivity index (χ3n) is 3.28. The molecular formula is C14H27OP. The highest BCUT2D eigenvalue weighted by Gasteiger charge is 2.43. The van der Waals surface area contributed by atoms with Crippen molar-refractivity contribution in [2.45, 2.75) is 83.2 Å². The molecule has 94 valence electrons. The molecule has 0 aromatic heterocycles. The summed E-state index contributed by atoms with van der Waals surface area (Å²) in [6.45, 7) is 13.9. The molecule has 0 saturated heterocycles. The molecule has 0 aromatic rings. The van der Waals surface area contributed by atoms with Crippen molar-refractivity contribution in [2.24, 2.45) is 0 Å². The lowest BCUT2D eigenvalue weighted by atomic mass is 9.99. The Morgan fingerprint density at radius 2 is 1.50 bits per heavy atom. The second kappa shape index (κ2) is 4.77. The normalized spacial score (nSPS) is 23.9. The van der Waals surface area contributed by atoms with Gasteiger partial charge in [-0.05, 0) is 23.2 Å². The van der Waals surface area contributed by atoms with Crippen LogP contribution >= 0.6 is 7.92 Å². The molecule has 0 bridgehead atoms. The minimum absolute atomic E-state index is 0.250. The van der Waals surface area contributed by atoms with Crippen LogP contribution < -0.4 is 0 Å². The van der Waals surface area contributed by atoms with E-state index in [1.165, 1.54) is 6.42 Å².